The fraction of sp³-hybridized carbons (Fsp3) is 0.294. The Kier molecular flexibility index (Phi) is 4.06. The van der Waals surface area contributed by atoms with Crippen LogP contribution in [-0.4, -0.2) is 21.8 Å². The van der Waals surface area contributed by atoms with Crippen LogP contribution in [0.5, 0.6) is 0 Å². The summed E-state index contributed by atoms with van der Waals surface area (Å²) in [7, 11) is 0. The fourth-order valence-corrected chi connectivity index (χ4v) is 2.69. The number of aromatic nitrogens is 1. The molecule has 1 aliphatic rings. The average Bonchev–Trinajstić information content (AvgIpc) is 3.33. The summed E-state index contributed by atoms with van der Waals surface area (Å²) in [5.41, 5.74) is 2.80. The van der Waals surface area contributed by atoms with Gasteiger partial charge in [0.15, 0.2) is 0 Å². The van der Waals surface area contributed by atoms with Crippen molar-refractivity contribution < 1.29 is 4.79 Å². The Balaban J connectivity index is 1.83. The number of carbonyl (C=O) groups is 1. The highest BCUT2D eigenvalue weighted by atomic mass is 79.9. The molecule has 1 fully saturated rings. The number of halogens is 1. The number of nitrogens with zero attached hydrogens (tertiary/aromatic N) is 2. The molecular weight excluding hydrogens is 328 g/mol. The second-order valence-corrected chi connectivity index (χ2v) is 6.30. The summed E-state index contributed by atoms with van der Waals surface area (Å²) in [6.07, 6.45) is 3.95. The number of carbonyl (C=O) groups excluding carboxylic acids is 1. The van der Waals surface area contributed by atoms with Gasteiger partial charge in [0.2, 0.25) is 0 Å². The van der Waals surface area contributed by atoms with Crippen LogP contribution in [0.4, 0.5) is 0 Å². The highest BCUT2D eigenvalue weighted by molar-refractivity contribution is 9.10. The highest BCUT2D eigenvalue weighted by Gasteiger charge is 2.33. The Bertz CT molecular complexity index is 653. The van der Waals surface area contributed by atoms with Gasteiger partial charge in [-0.25, -0.2) is 0 Å². The average molecular weight is 345 g/mol. The maximum absolute atomic E-state index is 12.8. The van der Waals surface area contributed by atoms with E-state index in [2.05, 4.69) is 20.9 Å². The zero-order valence-corrected chi connectivity index (χ0v) is 13.5. The number of hydrogen-bond donors (Lipinski definition) is 0. The summed E-state index contributed by atoms with van der Waals surface area (Å²) >= 11 is 3.50. The maximum atomic E-state index is 12.8. The lowest BCUT2D eigenvalue weighted by Crippen LogP contribution is -2.32. The maximum Gasteiger partial charge on any atom is 0.254 e. The first-order valence-corrected chi connectivity index (χ1v) is 7.91. The number of rotatable bonds is 4. The van der Waals surface area contributed by atoms with Crippen LogP contribution in [0.25, 0.3) is 0 Å². The van der Waals surface area contributed by atoms with Crippen molar-refractivity contribution >= 4 is 21.8 Å². The van der Waals surface area contributed by atoms with E-state index < -0.39 is 0 Å². The molecule has 4 heteroatoms. The second-order valence-electron chi connectivity index (χ2n) is 5.45. The normalized spacial score (nSPS) is 14.0. The summed E-state index contributed by atoms with van der Waals surface area (Å²) in [6.45, 7) is 2.60. The molecule has 1 heterocycles. The van der Waals surface area contributed by atoms with E-state index in [9.17, 15) is 4.79 Å². The van der Waals surface area contributed by atoms with Gasteiger partial charge in [-0.3, -0.25) is 9.78 Å². The van der Waals surface area contributed by atoms with Crippen LogP contribution in [-0.2, 0) is 6.54 Å². The third-order valence-corrected chi connectivity index (χ3v) is 4.58. The summed E-state index contributed by atoms with van der Waals surface area (Å²) in [5.74, 6) is 0.0869. The molecule has 3 rings (SSSR count). The molecule has 0 N–H and O–H groups in total. The number of hydrogen-bond acceptors (Lipinski definition) is 2. The van der Waals surface area contributed by atoms with Crippen LogP contribution in [0, 0.1) is 6.92 Å². The van der Waals surface area contributed by atoms with E-state index in [1.165, 1.54) is 0 Å². The quantitative estimate of drug-likeness (QED) is 0.840. The minimum Gasteiger partial charge on any atom is -0.330 e. The SMILES string of the molecule is Cc1ccc(C(=O)N(Cc2ccccn2)C2CC2)cc1Br. The van der Waals surface area contributed by atoms with Gasteiger partial charge < -0.3 is 4.90 Å². The second kappa shape index (κ2) is 5.98. The number of aryl methyl sites for hydroxylation is 1. The van der Waals surface area contributed by atoms with Crippen LogP contribution in [0.15, 0.2) is 47.1 Å². The van der Waals surface area contributed by atoms with Crippen LogP contribution in [0.2, 0.25) is 0 Å². The Hall–Kier alpha value is -1.68. The van der Waals surface area contributed by atoms with Gasteiger partial charge in [-0.15, -0.1) is 0 Å². The molecule has 2 aromatic rings. The minimum absolute atomic E-state index is 0.0869. The van der Waals surface area contributed by atoms with Gasteiger partial charge in [0, 0.05) is 22.3 Å². The van der Waals surface area contributed by atoms with Gasteiger partial charge in [-0.05, 0) is 49.6 Å². The predicted molar refractivity (Wildman–Crippen MR) is 86.0 cm³/mol. The molecule has 21 heavy (non-hydrogen) atoms. The van der Waals surface area contributed by atoms with Crippen molar-refractivity contribution in [2.45, 2.75) is 32.4 Å². The Morgan fingerprint density at radius 2 is 2.14 bits per heavy atom. The van der Waals surface area contributed by atoms with Crippen molar-refractivity contribution in [3.05, 3.63) is 63.9 Å². The molecule has 1 aromatic heterocycles. The smallest absolute Gasteiger partial charge is 0.254 e. The van der Waals surface area contributed by atoms with Crippen molar-refractivity contribution in [1.29, 1.82) is 0 Å². The van der Waals surface area contributed by atoms with Gasteiger partial charge in [0.25, 0.3) is 5.91 Å². The van der Waals surface area contributed by atoms with Crippen molar-refractivity contribution in [3.63, 3.8) is 0 Å². The molecule has 1 aromatic carbocycles. The summed E-state index contributed by atoms with van der Waals surface area (Å²) in [6, 6.07) is 12.0. The summed E-state index contributed by atoms with van der Waals surface area (Å²) < 4.78 is 0.974. The largest absolute Gasteiger partial charge is 0.330 e. The van der Waals surface area contributed by atoms with E-state index in [0.717, 1.165) is 34.1 Å². The van der Waals surface area contributed by atoms with E-state index in [4.69, 9.17) is 0 Å². The van der Waals surface area contributed by atoms with Crippen LogP contribution in [0.1, 0.15) is 34.5 Å². The van der Waals surface area contributed by atoms with Crippen molar-refractivity contribution in [2.24, 2.45) is 0 Å². The first kappa shape index (κ1) is 14.3. The molecule has 1 saturated carbocycles. The molecule has 0 atom stereocenters. The topological polar surface area (TPSA) is 33.2 Å². The molecule has 1 aliphatic carbocycles. The van der Waals surface area contributed by atoms with Crippen molar-refractivity contribution in [1.82, 2.24) is 9.88 Å². The van der Waals surface area contributed by atoms with Crippen molar-refractivity contribution in [2.75, 3.05) is 0 Å². The fourth-order valence-electron chi connectivity index (χ4n) is 2.31. The van der Waals surface area contributed by atoms with Crippen molar-refractivity contribution in [3.8, 4) is 0 Å². The lowest BCUT2D eigenvalue weighted by molar-refractivity contribution is 0.0727. The standard InChI is InChI=1S/C17H17BrN2O/c1-12-5-6-13(10-16(12)18)17(21)20(15-7-8-15)11-14-4-2-3-9-19-14/h2-6,9-10,15H,7-8,11H2,1H3. The first-order chi connectivity index (χ1) is 10.1. The number of pyridine rings is 1. The molecule has 0 unspecified atom stereocenters. The molecule has 0 bridgehead atoms. The van der Waals surface area contributed by atoms with E-state index in [-0.39, 0.29) is 5.91 Å². The Labute approximate surface area is 133 Å². The Morgan fingerprint density at radius 3 is 2.76 bits per heavy atom. The monoisotopic (exact) mass is 344 g/mol. The predicted octanol–water partition coefficient (Wildman–Crippen LogP) is 3.96. The van der Waals surface area contributed by atoms with Crippen LogP contribution in [0.3, 0.4) is 0 Å². The van der Waals surface area contributed by atoms with E-state index in [0.29, 0.717) is 12.6 Å². The molecule has 0 spiro atoms. The third-order valence-electron chi connectivity index (χ3n) is 3.73. The van der Waals surface area contributed by atoms with Gasteiger partial charge in [-0.1, -0.05) is 28.1 Å². The van der Waals surface area contributed by atoms with Gasteiger partial charge in [0.1, 0.15) is 0 Å². The van der Waals surface area contributed by atoms with Crippen LogP contribution < -0.4 is 0 Å². The number of amides is 1. The van der Waals surface area contributed by atoms with Gasteiger partial charge in [-0.2, -0.15) is 0 Å². The zero-order valence-electron chi connectivity index (χ0n) is 11.9. The Morgan fingerprint density at radius 1 is 1.33 bits per heavy atom. The molecule has 3 nitrogen and oxygen atoms in total. The van der Waals surface area contributed by atoms with E-state index in [1.807, 2.05) is 48.2 Å². The molecule has 108 valence electrons. The first-order valence-electron chi connectivity index (χ1n) is 7.12. The molecule has 0 radical (unpaired) electrons. The molecule has 0 saturated heterocycles. The van der Waals surface area contributed by atoms with E-state index >= 15 is 0 Å². The minimum atomic E-state index is 0.0869. The van der Waals surface area contributed by atoms with E-state index in [1.54, 1.807) is 6.20 Å². The van der Waals surface area contributed by atoms with Gasteiger partial charge in [0.05, 0.1) is 12.2 Å². The molecular formula is C17H17BrN2O. The van der Waals surface area contributed by atoms with Gasteiger partial charge >= 0.3 is 0 Å². The summed E-state index contributed by atoms with van der Waals surface area (Å²) in [4.78, 5) is 19.0. The lowest BCUT2D eigenvalue weighted by Gasteiger charge is -2.22. The third kappa shape index (κ3) is 3.32. The lowest BCUT2D eigenvalue weighted by atomic mass is 10.1. The number of benzene rings is 1. The molecule has 1 amide bonds. The summed E-state index contributed by atoms with van der Waals surface area (Å²) in [5, 5.41) is 0. The zero-order chi connectivity index (χ0) is 14.8. The highest BCUT2D eigenvalue weighted by Crippen LogP contribution is 2.30. The van der Waals surface area contributed by atoms with Crippen LogP contribution >= 0.6 is 15.9 Å². The molecule has 0 aliphatic heterocycles.